The number of ether oxygens (including phenoxy) is 1. The predicted octanol–water partition coefficient (Wildman–Crippen LogP) is 1.87. The van der Waals surface area contributed by atoms with Crippen molar-refractivity contribution in [2.75, 3.05) is 7.11 Å². The van der Waals surface area contributed by atoms with Crippen LogP contribution in [0.15, 0.2) is 23.8 Å². The van der Waals surface area contributed by atoms with Crippen LogP contribution < -0.4 is 5.73 Å². The quantitative estimate of drug-likeness (QED) is 0.726. The summed E-state index contributed by atoms with van der Waals surface area (Å²) in [6.45, 7) is 2.09. The molecule has 2 N–H and O–H groups in total. The summed E-state index contributed by atoms with van der Waals surface area (Å²) in [6.07, 6.45) is 9.41. The van der Waals surface area contributed by atoms with Crippen molar-refractivity contribution in [1.82, 2.24) is 0 Å². The van der Waals surface area contributed by atoms with E-state index in [4.69, 9.17) is 10.5 Å². The monoisotopic (exact) mass is 193 g/mol. The Bertz CT molecular complexity index is 269. The fraction of sp³-hybridized carbons (Fsp3) is 0.667. The van der Waals surface area contributed by atoms with E-state index in [2.05, 4.69) is 25.2 Å². The summed E-state index contributed by atoms with van der Waals surface area (Å²) < 4.78 is 5.31. The van der Waals surface area contributed by atoms with Gasteiger partial charge in [-0.2, -0.15) is 0 Å². The van der Waals surface area contributed by atoms with Crippen molar-refractivity contribution in [2.45, 2.75) is 31.9 Å². The molecule has 0 amide bonds. The molecule has 0 spiro atoms. The molecule has 0 radical (unpaired) electrons. The van der Waals surface area contributed by atoms with Gasteiger partial charge in [0.1, 0.15) is 0 Å². The van der Waals surface area contributed by atoms with Crippen LogP contribution in [0.25, 0.3) is 0 Å². The zero-order chi connectivity index (χ0) is 10.1. The highest BCUT2D eigenvalue weighted by Gasteiger charge is 2.32. The molecule has 0 aromatic carbocycles. The molecule has 2 aliphatic carbocycles. The Labute approximate surface area is 85.8 Å². The molecule has 4 atom stereocenters. The molecular weight excluding hydrogens is 174 g/mol. The van der Waals surface area contributed by atoms with Crippen LogP contribution in [0.4, 0.5) is 0 Å². The summed E-state index contributed by atoms with van der Waals surface area (Å²) in [6, 6.07) is 0.368. The molecule has 0 aromatic heterocycles. The molecule has 2 rings (SSSR count). The fourth-order valence-corrected chi connectivity index (χ4v) is 2.50. The minimum Gasteiger partial charge on any atom is -0.377 e. The van der Waals surface area contributed by atoms with Gasteiger partial charge in [-0.1, -0.05) is 18.2 Å². The van der Waals surface area contributed by atoms with Gasteiger partial charge in [0.05, 0.1) is 6.10 Å². The third kappa shape index (κ3) is 1.64. The van der Waals surface area contributed by atoms with Gasteiger partial charge >= 0.3 is 0 Å². The fourth-order valence-electron chi connectivity index (χ4n) is 2.50. The second-order valence-electron chi connectivity index (χ2n) is 4.39. The van der Waals surface area contributed by atoms with Crippen molar-refractivity contribution < 1.29 is 4.74 Å². The van der Waals surface area contributed by atoms with E-state index >= 15 is 0 Å². The van der Waals surface area contributed by atoms with Crippen molar-refractivity contribution in [3.05, 3.63) is 23.8 Å². The first kappa shape index (κ1) is 9.94. The van der Waals surface area contributed by atoms with Crippen LogP contribution in [0.5, 0.6) is 0 Å². The molecule has 1 fully saturated rings. The van der Waals surface area contributed by atoms with E-state index < -0.39 is 0 Å². The summed E-state index contributed by atoms with van der Waals surface area (Å²) in [7, 11) is 1.76. The molecule has 0 aliphatic heterocycles. The van der Waals surface area contributed by atoms with Gasteiger partial charge in [-0.3, -0.25) is 0 Å². The highest BCUT2D eigenvalue weighted by molar-refractivity contribution is 5.30. The van der Waals surface area contributed by atoms with Crippen molar-refractivity contribution in [2.24, 2.45) is 17.6 Å². The number of hydrogen-bond donors (Lipinski definition) is 1. The van der Waals surface area contributed by atoms with Gasteiger partial charge in [-0.25, -0.2) is 0 Å². The summed E-state index contributed by atoms with van der Waals surface area (Å²) in [5.74, 6) is 1.23. The van der Waals surface area contributed by atoms with E-state index in [-0.39, 0.29) is 6.10 Å². The Hall–Kier alpha value is -0.600. The molecule has 0 bridgehead atoms. The Balaban J connectivity index is 2.12. The topological polar surface area (TPSA) is 35.2 Å². The van der Waals surface area contributed by atoms with Crippen molar-refractivity contribution in [3.63, 3.8) is 0 Å². The molecule has 2 aliphatic rings. The van der Waals surface area contributed by atoms with Gasteiger partial charge in [-0.15, -0.1) is 0 Å². The zero-order valence-corrected chi connectivity index (χ0v) is 8.94. The minimum absolute atomic E-state index is 0.212. The van der Waals surface area contributed by atoms with Crippen molar-refractivity contribution >= 4 is 0 Å². The normalized spacial score (nSPS) is 37.9. The lowest BCUT2D eigenvalue weighted by Gasteiger charge is -2.23. The number of rotatable bonds is 2. The van der Waals surface area contributed by atoms with Crippen LogP contribution >= 0.6 is 0 Å². The molecule has 0 saturated heterocycles. The lowest BCUT2D eigenvalue weighted by molar-refractivity contribution is 0.148. The average molecular weight is 193 g/mol. The SMILES string of the molecule is COC(C)C1=CC2CC[C@H](N)C2C=C1. The average Bonchev–Trinajstić information content (AvgIpc) is 2.59. The smallest absolute Gasteiger partial charge is 0.0789 e. The van der Waals surface area contributed by atoms with E-state index in [9.17, 15) is 0 Å². The van der Waals surface area contributed by atoms with Gasteiger partial charge in [0.25, 0.3) is 0 Å². The van der Waals surface area contributed by atoms with Crippen LogP contribution in [0.2, 0.25) is 0 Å². The maximum Gasteiger partial charge on any atom is 0.0789 e. The summed E-state index contributed by atoms with van der Waals surface area (Å²) in [5.41, 5.74) is 7.34. The lowest BCUT2D eigenvalue weighted by atomic mass is 9.86. The zero-order valence-electron chi connectivity index (χ0n) is 8.94. The molecule has 1 saturated carbocycles. The van der Waals surface area contributed by atoms with Gasteiger partial charge < -0.3 is 10.5 Å². The summed E-state index contributed by atoms with van der Waals surface area (Å²) in [4.78, 5) is 0. The molecule has 14 heavy (non-hydrogen) atoms. The number of allylic oxidation sites excluding steroid dienone is 1. The Kier molecular flexibility index (Phi) is 2.75. The second-order valence-corrected chi connectivity index (χ2v) is 4.39. The van der Waals surface area contributed by atoms with E-state index in [0.717, 1.165) is 6.42 Å². The van der Waals surface area contributed by atoms with Crippen LogP contribution in [0, 0.1) is 11.8 Å². The van der Waals surface area contributed by atoms with Gasteiger partial charge in [0, 0.05) is 13.2 Å². The largest absolute Gasteiger partial charge is 0.377 e. The highest BCUT2D eigenvalue weighted by atomic mass is 16.5. The Morgan fingerprint density at radius 2 is 2.29 bits per heavy atom. The molecule has 0 aromatic rings. The number of methoxy groups -OCH3 is 1. The van der Waals surface area contributed by atoms with Crippen LogP contribution in [-0.2, 0) is 4.74 Å². The molecule has 2 heteroatoms. The first-order valence-corrected chi connectivity index (χ1v) is 5.40. The molecule has 78 valence electrons. The van der Waals surface area contributed by atoms with Gasteiger partial charge in [0.2, 0.25) is 0 Å². The first-order valence-electron chi connectivity index (χ1n) is 5.40. The van der Waals surface area contributed by atoms with Crippen molar-refractivity contribution in [1.29, 1.82) is 0 Å². The van der Waals surface area contributed by atoms with Crippen LogP contribution in [0.1, 0.15) is 19.8 Å². The van der Waals surface area contributed by atoms with Crippen molar-refractivity contribution in [3.8, 4) is 0 Å². The van der Waals surface area contributed by atoms with Gasteiger partial charge in [-0.05, 0) is 37.2 Å². The molecule has 0 heterocycles. The van der Waals surface area contributed by atoms with E-state index in [1.165, 1.54) is 12.0 Å². The van der Waals surface area contributed by atoms with Gasteiger partial charge in [0.15, 0.2) is 0 Å². The Morgan fingerprint density at radius 1 is 1.50 bits per heavy atom. The highest BCUT2D eigenvalue weighted by Crippen LogP contribution is 2.37. The summed E-state index contributed by atoms with van der Waals surface area (Å²) >= 11 is 0. The number of hydrogen-bond acceptors (Lipinski definition) is 2. The maximum atomic E-state index is 6.03. The van der Waals surface area contributed by atoms with E-state index in [1.54, 1.807) is 7.11 Å². The predicted molar refractivity (Wildman–Crippen MR) is 57.9 cm³/mol. The molecule has 2 nitrogen and oxygen atoms in total. The molecule has 3 unspecified atom stereocenters. The number of fused-ring (bicyclic) bond motifs is 1. The lowest BCUT2D eigenvalue weighted by Crippen LogP contribution is -2.27. The second kappa shape index (κ2) is 3.87. The molecular formula is C12H19NO. The third-order valence-electron chi connectivity index (χ3n) is 3.56. The van der Waals surface area contributed by atoms with Crippen LogP contribution in [0.3, 0.4) is 0 Å². The summed E-state index contributed by atoms with van der Waals surface area (Å²) in [5, 5.41) is 0. The number of nitrogens with two attached hydrogens (primary N) is 1. The van der Waals surface area contributed by atoms with E-state index in [1.807, 2.05) is 0 Å². The standard InChI is InChI=1S/C12H19NO/c1-8(14-2)9-3-5-11-10(7-9)4-6-12(11)13/h3,5,7-8,10-12H,4,6,13H2,1-2H3/t8?,10?,11?,12-/m0/s1. The Morgan fingerprint density at radius 3 is 3.00 bits per heavy atom. The van der Waals surface area contributed by atoms with E-state index in [0.29, 0.717) is 17.9 Å². The first-order chi connectivity index (χ1) is 6.72. The minimum atomic E-state index is 0.212. The maximum absolute atomic E-state index is 6.03. The van der Waals surface area contributed by atoms with Crippen LogP contribution in [-0.4, -0.2) is 19.3 Å². The third-order valence-corrected chi connectivity index (χ3v) is 3.56.